The van der Waals surface area contributed by atoms with Crippen LogP contribution in [0.3, 0.4) is 0 Å². The molecule has 0 amide bonds. The van der Waals surface area contributed by atoms with E-state index in [2.05, 4.69) is 110 Å². The Bertz CT molecular complexity index is 1860. The molecule has 0 bridgehead atoms. The van der Waals surface area contributed by atoms with Gasteiger partial charge >= 0.3 is 0 Å². The first-order valence-electron chi connectivity index (χ1n) is 22.6. The van der Waals surface area contributed by atoms with Crippen molar-refractivity contribution in [1.82, 2.24) is 0 Å². The van der Waals surface area contributed by atoms with Crippen LogP contribution in [-0.4, -0.2) is 37.7 Å². The number of hydrogen-bond donors (Lipinski definition) is 0. The number of nitrogens with zero attached hydrogens (tertiary/aromatic N) is 2. The highest BCUT2D eigenvalue weighted by atomic mass is 16.1. The molecular weight excluding hydrogens is 709 g/mol. The molecule has 0 aliphatic heterocycles. The van der Waals surface area contributed by atoms with E-state index in [1.165, 1.54) is 114 Å². The van der Waals surface area contributed by atoms with Crippen molar-refractivity contribution >= 4 is 22.9 Å². The van der Waals surface area contributed by atoms with Crippen LogP contribution in [0.5, 0.6) is 0 Å². The maximum Gasteiger partial charge on any atom is 0.194 e. The van der Waals surface area contributed by atoms with Crippen LogP contribution in [0.25, 0.3) is 0 Å². The Balaban J connectivity index is 1.24. The van der Waals surface area contributed by atoms with Crippen LogP contribution in [0.15, 0.2) is 84.9 Å². The lowest BCUT2D eigenvalue weighted by Gasteiger charge is -2.25. The van der Waals surface area contributed by atoms with Crippen molar-refractivity contribution in [2.75, 3.05) is 36.0 Å². The Kier molecular flexibility index (Phi) is 18.2. The summed E-state index contributed by atoms with van der Waals surface area (Å²) in [5.41, 5.74) is 7.43. The molecule has 58 heavy (non-hydrogen) atoms. The van der Waals surface area contributed by atoms with Crippen LogP contribution < -0.4 is 9.80 Å². The minimum Gasteiger partial charge on any atom is -0.372 e. The van der Waals surface area contributed by atoms with Crippen molar-refractivity contribution in [3.8, 4) is 23.7 Å². The van der Waals surface area contributed by atoms with E-state index >= 15 is 0 Å². The molecule has 4 heteroatoms. The van der Waals surface area contributed by atoms with Gasteiger partial charge in [0.15, 0.2) is 11.6 Å². The number of fused-ring (bicyclic) bond motifs is 2. The summed E-state index contributed by atoms with van der Waals surface area (Å²) in [5.74, 6) is 12.8. The molecule has 4 nitrogen and oxygen atoms in total. The van der Waals surface area contributed by atoms with Gasteiger partial charge in [-0.2, -0.15) is 0 Å². The lowest BCUT2D eigenvalue weighted by atomic mass is 9.82. The third-order valence-electron chi connectivity index (χ3n) is 11.3. The number of ketones is 2. The average Bonchev–Trinajstić information content (AvgIpc) is 3.26. The fourth-order valence-corrected chi connectivity index (χ4v) is 7.76. The second kappa shape index (κ2) is 24.0. The third-order valence-corrected chi connectivity index (χ3v) is 11.3. The number of carbonyl (C=O) groups excluding carboxylic acids is 2. The molecule has 0 atom stereocenters. The molecule has 1 aliphatic rings. The topological polar surface area (TPSA) is 40.6 Å². The number of carbonyl (C=O) groups is 2. The summed E-state index contributed by atoms with van der Waals surface area (Å²) in [5, 5.41) is 0. The van der Waals surface area contributed by atoms with Gasteiger partial charge in [-0.1, -0.05) is 128 Å². The van der Waals surface area contributed by atoms with E-state index < -0.39 is 0 Å². The highest BCUT2D eigenvalue weighted by Gasteiger charge is 2.30. The number of hydrogen-bond acceptors (Lipinski definition) is 4. The molecule has 4 aromatic rings. The van der Waals surface area contributed by atoms with E-state index in [9.17, 15) is 9.59 Å². The predicted molar refractivity (Wildman–Crippen MR) is 246 cm³/mol. The van der Waals surface area contributed by atoms with Gasteiger partial charge in [0, 0.05) is 82.1 Å². The van der Waals surface area contributed by atoms with Crippen molar-refractivity contribution in [2.24, 2.45) is 0 Å². The molecule has 0 N–H and O–H groups in total. The first-order chi connectivity index (χ1) is 28.4. The molecule has 304 valence electrons. The zero-order valence-corrected chi connectivity index (χ0v) is 35.9. The number of unbranched alkanes of at least 4 members (excludes halogenated alkanes) is 12. The molecule has 0 saturated carbocycles. The monoisotopic (exact) mass is 775 g/mol. The summed E-state index contributed by atoms with van der Waals surface area (Å²) < 4.78 is 0. The summed E-state index contributed by atoms with van der Waals surface area (Å²) in [4.78, 5) is 32.5. The zero-order valence-electron chi connectivity index (χ0n) is 35.9. The fraction of sp³-hybridized carbons (Fsp3) is 0.444. The standard InChI is InChI=1S/C54H66N2O2/c1-5-9-13-17-37-55(38-18-14-10-6-2)47-31-25-43(26-32-47)21-23-45-29-35-49-51(41-45)53(57)50-36-30-46(42-52(50)54(49)58)24-22-44-27-33-48(34-28-44)56(39-19-15-11-7-3)40-20-16-12-8-4/h25-36,41-42H,5-20,37-40H2,1-4H3. The van der Waals surface area contributed by atoms with E-state index in [-0.39, 0.29) is 11.6 Å². The largest absolute Gasteiger partial charge is 0.372 e. The smallest absolute Gasteiger partial charge is 0.194 e. The normalized spacial score (nSPS) is 11.6. The number of rotatable bonds is 22. The van der Waals surface area contributed by atoms with E-state index in [1.54, 1.807) is 24.3 Å². The van der Waals surface area contributed by atoms with Crippen molar-refractivity contribution in [3.05, 3.63) is 129 Å². The molecule has 0 saturated heterocycles. The molecule has 0 fully saturated rings. The summed E-state index contributed by atoms with van der Waals surface area (Å²) in [6, 6.07) is 27.8. The van der Waals surface area contributed by atoms with Crippen molar-refractivity contribution in [3.63, 3.8) is 0 Å². The average molecular weight is 775 g/mol. The second-order valence-electron chi connectivity index (χ2n) is 16.0. The highest BCUT2D eigenvalue weighted by Crippen LogP contribution is 2.29. The summed E-state index contributed by atoms with van der Waals surface area (Å²) >= 11 is 0. The first-order valence-corrected chi connectivity index (χ1v) is 22.6. The molecule has 0 unspecified atom stereocenters. The maximum absolute atomic E-state index is 13.7. The van der Waals surface area contributed by atoms with Gasteiger partial charge in [0.2, 0.25) is 0 Å². The first kappa shape index (κ1) is 44.1. The lowest BCUT2D eigenvalue weighted by molar-refractivity contribution is 0.0979. The van der Waals surface area contributed by atoms with Gasteiger partial charge in [0.05, 0.1) is 0 Å². The van der Waals surface area contributed by atoms with Crippen LogP contribution in [0, 0.1) is 23.7 Å². The summed E-state index contributed by atoms with van der Waals surface area (Å²) in [6.45, 7) is 13.4. The molecular formula is C54H66N2O2. The Labute approximate surface area is 350 Å². The highest BCUT2D eigenvalue weighted by molar-refractivity contribution is 6.28. The summed E-state index contributed by atoms with van der Waals surface area (Å²) in [6.07, 6.45) is 20.1. The Morgan fingerprint density at radius 1 is 0.345 bits per heavy atom. The van der Waals surface area contributed by atoms with E-state index in [1.807, 2.05) is 12.1 Å². The van der Waals surface area contributed by atoms with Crippen molar-refractivity contribution in [1.29, 1.82) is 0 Å². The van der Waals surface area contributed by atoms with Crippen LogP contribution >= 0.6 is 0 Å². The lowest BCUT2D eigenvalue weighted by Crippen LogP contribution is -2.25. The molecule has 0 radical (unpaired) electrons. The van der Waals surface area contributed by atoms with Crippen LogP contribution in [0.4, 0.5) is 11.4 Å². The minimum absolute atomic E-state index is 0.153. The van der Waals surface area contributed by atoms with Gasteiger partial charge in [-0.25, -0.2) is 0 Å². The molecule has 0 spiro atoms. The van der Waals surface area contributed by atoms with Gasteiger partial charge in [0.1, 0.15) is 0 Å². The van der Waals surface area contributed by atoms with Gasteiger partial charge in [-0.15, -0.1) is 0 Å². The van der Waals surface area contributed by atoms with Crippen molar-refractivity contribution < 1.29 is 9.59 Å². The Hall–Kier alpha value is -5.06. The molecule has 5 rings (SSSR count). The fourth-order valence-electron chi connectivity index (χ4n) is 7.76. The third kappa shape index (κ3) is 13.0. The molecule has 0 heterocycles. The van der Waals surface area contributed by atoms with Crippen LogP contribution in [0.2, 0.25) is 0 Å². The quantitative estimate of drug-likeness (QED) is 0.0519. The number of benzene rings is 4. The zero-order chi connectivity index (χ0) is 41.0. The van der Waals surface area contributed by atoms with Crippen molar-refractivity contribution in [2.45, 2.75) is 130 Å². The van der Waals surface area contributed by atoms with Gasteiger partial charge in [0.25, 0.3) is 0 Å². The summed E-state index contributed by atoms with van der Waals surface area (Å²) in [7, 11) is 0. The Morgan fingerprint density at radius 3 is 0.948 bits per heavy atom. The van der Waals surface area contributed by atoms with E-state index in [0.717, 1.165) is 37.3 Å². The van der Waals surface area contributed by atoms with E-state index in [0.29, 0.717) is 33.4 Å². The predicted octanol–water partition coefficient (Wildman–Crippen LogP) is 13.2. The van der Waals surface area contributed by atoms with Crippen LogP contribution in [0.1, 0.15) is 185 Å². The minimum atomic E-state index is -0.153. The number of anilines is 2. The van der Waals surface area contributed by atoms with Gasteiger partial charge in [-0.3, -0.25) is 9.59 Å². The Morgan fingerprint density at radius 2 is 0.638 bits per heavy atom. The molecule has 1 aliphatic carbocycles. The molecule has 0 aromatic heterocycles. The van der Waals surface area contributed by atoms with Crippen LogP contribution in [-0.2, 0) is 0 Å². The molecule has 4 aromatic carbocycles. The van der Waals surface area contributed by atoms with Gasteiger partial charge in [-0.05, 0) is 111 Å². The second-order valence-corrected chi connectivity index (χ2v) is 16.0. The SMILES string of the molecule is CCCCCCN(CCCCCC)c1ccc(C#Cc2ccc3c(c2)C(=O)c2ccc(C#Cc4ccc(N(CCCCCC)CCCCCC)cc4)cc2C3=O)cc1. The maximum atomic E-state index is 13.7. The van der Waals surface area contributed by atoms with Gasteiger partial charge < -0.3 is 9.80 Å². The van der Waals surface area contributed by atoms with E-state index in [4.69, 9.17) is 0 Å².